The lowest BCUT2D eigenvalue weighted by Gasteiger charge is -2.12. The average Bonchev–Trinajstić information content (AvgIpc) is 3.67. The summed E-state index contributed by atoms with van der Waals surface area (Å²) in [6.45, 7) is 0.510. The van der Waals surface area contributed by atoms with Crippen molar-refractivity contribution in [2.24, 2.45) is 5.92 Å². The first-order chi connectivity index (χ1) is 18.2. The van der Waals surface area contributed by atoms with E-state index in [0.717, 1.165) is 33.6 Å². The van der Waals surface area contributed by atoms with Crippen molar-refractivity contribution in [3.05, 3.63) is 108 Å². The lowest BCUT2D eigenvalue weighted by atomic mass is 10.0. The van der Waals surface area contributed by atoms with E-state index in [2.05, 4.69) is 11.4 Å². The highest BCUT2D eigenvalue weighted by Crippen LogP contribution is 2.34. The minimum Gasteiger partial charge on any atom is -0.363 e. The molecule has 1 saturated carbocycles. The van der Waals surface area contributed by atoms with Crippen LogP contribution in [0.5, 0.6) is 0 Å². The second-order valence-corrected chi connectivity index (χ2v) is 9.49. The van der Waals surface area contributed by atoms with Gasteiger partial charge in [0.15, 0.2) is 17.2 Å². The Balaban J connectivity index is 1.37. The average molecular weight is 484 g/mol. The Hall–Kier alpha value is -4.76. The van der Waals surface area contributed by atoms with Gasteiger partial charge in [0.25, 0.3) is 0 Å². The van der Waals surface area contributed by atoms with Gasteiger partial charge in [-0.15, -0.1) is 0 Å². The number of Topliss-reactive ketones (excluding diaryl/α,β-unsaturated/α-hetero) is 1. The molecule has 5 aromatic rings. The van der Waals surface area contributed by atoms with E-state index in [-0.39, 0.29) is 5.78 Å². The van der Waals surface area contributed by atoms with Crippen LogP contribution >= 0.6 is 0 Å². The van der Waals surface area contributed by atoms with Crippen molar-refractivity contribution in [1.82, 2.24) is 14.4 Å². The minimum absolute atomic E-state index is 0.217. The summed E-state index contributed by atoms with van der Waals surface area (Å²) < 4.78 is 2.05. The quantitative estimate of drug-likeness (QED) is 0.254. The second-order valence-electron chi connectivity index (χ2n) is 9.49. The summed E-state index contributed by atoms with van der Waals surface area (Å²) >= 11 is 0. The second kappa shape index (κ2) is 9.71. The number of rotatable bonds is 8. The summed E-state index contributed by atoms with van der Waals surface area (Å²) in [7, 11) is 0. The van der Waals surface area contributed by atoms with Crippen molar-refractivity contribution in [2.45, 2.75) is 25.8 Å². The van der Waals surface area contributed by atoms with Crippen molar-refractivity contribution in [1.29, 1.82) is 5.26 Å². The third-order valence-electron chi connectivity index (χ3n) is 6.75. The van der Waals surface area contributed by atoms with Crippen LogP contribution in [0.4, 0.5) is 5.82 Å². The fourth-order valence-electron chi connectivity index (χ4n) is 4.53. The van der Waals surface area contributed by atoms with Crippen LogP contribution in [0.15, 0.2) is 91.3 Å². The molecule has 1 aliphatic carbocycles. The summed E-state index contributed by atoms with van der Waals surface area (Å²) in [6, 6.07) is 27.6. The number of aromatic nitrogens is 3. The zero-order valence-corrected chi connectivity index (χ0v) is 20.3. The molecule has 0 saturated heterocycles. The fraction of sp³-hybridized carbons (Fsp3) is 0.161. The highest BCUT2D eigenvalue weighted by molar-refractivity contribution is 5.96. The van der Waals surface area contributed by atoms with Gasteiger partial charge in [0.05, 0.1) is 29.2 Å². The first-order valence-electron chi connectivity index (χ1n) is 12.5. The largest absolute Gasteiger partial charge is 0.363 e. The molecule has 0 unspecified atom stereocenters. The standard InChI is InChI=1S/C31H25N5O/c32-17-22-5-4-6-23(15-22)18-33-30-31-34-19-28(36(31)20-27(35-30)24-7-2-1-3-8-24)25-11-13-26(14-12-25)29(37)16-21-9-10-21/h1-8,11-15,19-21H,9-10,16,18H2,(H,33,35). The number of hydrogen-bond donors (Lipinski definition) is 1. The molecule has 6 nitrogen and oxygen atoms in total. The summed E-state index contributed by atoms with van der Waals surface area (Å²) in [6.07, 6.45) is 6.83. The van der Waals surface area contributed by atoms with E-state index in [1.54, 1.807) is 6.07 Å². The molecular weight excluding hydrogens is 458 g/mol. The Kier molecular flexibility index (Phi) is 5.95. The summed E-state index contributed by atoms with van der Waals surface area (Å²) in [5.74, 6) is 1.45. The Morgan fingerprint density at radius 1 is 1.00 bits per heavy atom. The zero-order chi connectivity index (χ0) is 25.2. The number of ketones is 1. The van der Waals surface area contributed by atoms with E-state index < -0.39 is 0 Å². The molecule has 0 spiro atoms. The molecule has 1 aliphatic rings. The number of fused-ring (bicyclic) bond motifs is 1. The molecule has 2 heterocycles. The number of nitrogens with one attached hydrogen (secondary N) is 1. The van der Waals surface area contributed by atoms with Crippen molar-refractivity contribution in [3.8, 4) is 28.6 Å². The Bertz CT molecular complexity index is 1630. The highest BCUT2D eigenvalue weighted by Gasteiger charge is 2.25. The molecule has 1 fully saturated rings. The predicted octanol–water partition coefficient (Wildman–Crippen LogP) is 6.53. The van der Waals surface area contributed by atoms with Crippen molar-refractivity contribution in [2.75, 3.05) is 5.32 Å². The number of imidazole rings is 1. The van der Waals surface area contributed by atoms with Crippen LogP contribution in [0, 0.1) is 17.2 Å². The van der Waals surface area contributed by atoms with Crippen LogP contribution < -0.4 is 5.32 Å². The third-order valence-corrected chi connectivity index (χ3v) is 6.75. The summed E-state index contributed by atoms with van der Waals surface area (Å²) in [5.41, 5.74) is 6.80. The molecule has 0 radical (unpaired) electrons. The first kappa shape index (κ1) is 22.7. The van der Waals surface area contributed by atoms with Crippen molar-refractivity contribution < 1.29 is 4.79 Å². The van der Waals surface area contributed by atoms with Gasteiger partial charge in [-0.25, -0.2) is 9.97 Å². The normalized spacial score (nSPS) is 12.8. The zero-order valence-electron chi connectivity index (χ0n) is 20.3. The van der Waals surface area contributed by atoms with Crippen molar-refractivity contribution in [3.63, 3.8) is 0 Å². The van der Waals surface area contributed by atoms with Gasteiger partial charge in [-0.05, 0) is 36.5 Å². The van der Waals surface area contributed by atoms with Crippen LogP contribution in [-0.2, 0) is 6.54 Å². The van der Waals surface area contributed by atoms with Crippen molar-refractivity contribution >= 4 is 17.2 Å². The van der Waals surface area contributed by atoms with Gasteiger partial charge >= 0.3 is 0 Å². The topological polar surface area (TPSA) is 83.1 Å². The van der Waals surface area contributed by atoms with Gasteiger partial charge in [0.1, 0.15) is 0 Å². The number of carbonyl (C=O) groups excluding carboxylic acids is 1. The van der Waals surface area contributed by atoms with Gasteiger partial charge in [-0.1, -0.05) is 66.7 Å². The molecule has 37 heavy (non-hydrogen) atoms. The summed E-state index contributed by atoms with van der Waals surface area (Å²) in [4.78, 5) is 22.1. The molecule has 6 heteroatoms. The van der Waals surface area contributed by atoms with Crippen LogP contribution in [-0.4, -0.2) is 20.2 Å². The molecule has 6 rings (SSSR count). The first-order valence-corrected chi connectivity index (χ1v) is 12.5. The van der Waals surface area contributed by atoms with Gasteiger partial charge < -0.3 is 5.32 Å². The Labute approximate surface area is 215 Å². The highest BCUT2D eigenvalue weighted by atomic mass is 16.1. The number of hydrogen-bond acceptors (Lipinski definition) is 5. The minimum atomic E-state index is 0.217. The maximum Gasteiger partial charge on any atom is 0.180 e. The molecule has 1 N–H and O–H groups in total. The van der Waals surface area contributed by atoms with E-state index in [9.17, 15) is 10.1 Å². The molecule has 180 valence electrons. The van der Waals surface area contributed by atoms with Gasteiger partial charge in [-0.3, -0.25) is 9.20 Å². The monoisotopic (exact) mass is 483 g/mol. The molecule has 0 atom stereocenters. The number of benzene rings is 3. The molecule has 0 bridgehead atoms. The number of nitriles is 1. The Morgan fingerprint density at radius 2 is 1.81 bits per heavy atom. The van der Waals surface area contributed by atoms with Crippen LogP contribution in [0.3, 0.4) is 0 Å². The van der Waals surface area contributed by atoms with Crippen LogP contribution in [0.25, 0.3) is 28.2 Å². The van der Waals surface area contributed by atoms with E-state index in [4.69, 9.17) is 9.97 Å². The van der Waals surface area contributed by atoms with E-state index in [0.29, 0.717) is 35.9 Å². The summed E-state index contributed by atoms with van der Waals surface area (Å²) in [5, 5.41) is 12.7. The molecule has 2 aromatic heterocycles. The number of carbonyl (C=O) groups is 1. The predicted molar refractivity (Wildman–Crippen MR) is 144 cm³/mol. The fourth-order valence-corrected chi connectivity index (χ4v) is 4.53. The molecule has 3 aromatic carbocycles. The molecule has 0 amide bonds. The Morgan fingerprint density at radius 3 is 2.57 bits per heavy atom. The maximum atomic E-state index is 12.5. The lowest BCUT2D eigenvalue weighted by Crippen LogP contribution is -2.06. The van der Waals surface area contributed by atoms with E-state index in [1.165, 1.54) is 12.8 Å². The number of anilines is 1. The van der Waals surface area contributed by atoms with E-state index >= 15 is 0 Å². The number of nitrogens with zero attached hydrogens (tertiary/aromatic N) is 4. The van der Waals surface area contributed by atoms with Gasteiger partial charge in [-0.2, -0.15) is 5.26 Å². The molecule has 0 aliphatic heterocycles. The maximum absolute atomic E-state index is 12.5. The lowest BCUT2D eigenvalue weighted by molar-refractivity contribution is 0.0976. The molecular formula is C31H25N5O. The van der Waals surface area contributed by atoms with Crippen LogP contribution in [0.1, 0.15) is 40.7 Å². The van der Waals surface area contributed by atoms with Gasteiger partial charge in [0.2, 0.25) is 0 Å². The third kappa shape index (κ3) is 4.85. The SMILES string of the molecule is N#Cc1cccc(CNc2nc(-c3ccccc3)cn3c(-c4ccc(C(=O)CC5CC5)cc4)cnc23)c1. The smallest absolute Gasteiger partial charge is 0.180 e. The van der Waals surface area contributed by atoms with Crippen LogP contribution in [0.2, 0.25) is 0 Å². The van der Waals surface area contributed by atoms with Gasteiger partial charge in [0, 0.05) is 35.9 Å². The van der Waals surface area contributed by atoms with E-state index in [1.807, 2.05) is 89.6 Å².